The molecule has 1 aromatic carbocycles. The van der Waals surface area contributed by atoms with Crippen molar-refractivity contribution in [3.63, 3.8) is 0 Å². The van der Waals surface area contributed by atoms with Crippen molar-refractivity contribution in [1.29, 1.82) is 0 Å². The van der Waals surface area contributed by atoms with Gasteiger partial charge in [-0.1, -0.05) is 12.1 Å². The third-order valence-electron chi connectivity index (χ3n) is 17.4. The highest BCUT2D eigenvalue weighted by atomic mass is 32.1. The summed E-state index contributed by atoms with van der Waals surface area (Å²) < 4.78 is 70.0. The number of carbonyl (C=O) groups is 7. The number of hydrogen-bond acceptors (Lipinski definition) is 33. The number of carboxylic acids is 1. The summed E-state index contributed by atoms with van der Waals surface area (Å²) in [6.07, 6.45) is -15.0. The molecule has 13 N–H and O–H groups in total. The van der Waals surface area contributed by atoms with Crippen LogP contribution in [0, 0.1) is 0 Å². The predicted octanol–water partition coefficient (Wildman–Crippen LogP) is 3.99. The van der Waals surface area contributed by atoms with Crippen molar-refractivity contribution in [3.8, 4) is 38.4 Å². The zero-order chi connectivity index (χ0) is 77.2. The van der Waals surface area contributed by atoms with Crippen molar-refractivity contribution in [2.75, 3.05) is 41.0 Å². The summed E-state index contributed by atoms with van der Waals surface area (Å²) in [7, 11) is 4.86. The largest absolute Gasteiger partial charge is 0.506 e. The number of thiazole rings is 5. The molecule has 0 radical (unpaired) electrons. The van der Waals surface area contributed by atoms with Gasteiger partial charge in [-0.05, 0) is 72.5 Å². The average Bonchev–Trinajstić information content (AvgIpc) is 1.64. The molecule has 0 saturated carbocycles. The average molecular weight is 1590 g/mol. The minimum Gasteiger partial charge on any atom is -0.506 e. The third-order valence-corrected chi connectivity index (χ3v) is 21.9. The Morgan fingerprint density at radius 2 is 1.49 bits per heavy atom. The molecule has 0 unspecified atom stereocenters. The fourth-order valence-corrected chi connectivity index (χ4v) is 16.5. The summed E-state index contributed by atoms with van der Waals surface area (Å²) in [5, 5.41) is 106. The number of amides is 4. The van der Waals surface area contributed by atoms with Crippen LogP contribution in [0.5, 0.6) is 5.75 Å². The van der Waals surface area contributed by atoms with Crippen molar-refractivity contribution in [2.24, 2.45) is 0 Å². The number of carboxylic acid groups (broad SMARTS) is 1. The number of rotatable bonds is 13. The van der Waals surface area contributed by atoms with E-state index in [1.54, 1.807) is 55.7 Å². The summed E-state index contributed by atoms with van der Waals surface area (Å²) >= 11 is 4.84. The second kappa shape index (κ2) is 32.8. The monoisotopic (exact) mass is 1590 g/mol. The van der Waals surface area contributed by atoms with Crippen LogP contribution in [0.2, 0.25) is 0 Å². The molecule has 107 heavy (non-hydrogen) atoms. The number of aromatic hydroxyl groups is 1. The number of fused-ring (bicyclic) bond motifs is 15. The van der Waals surface area contributed by atoms with Gasteiger partial charge in [0.2, 0.25) is 5.91 Å². The number of nitrogens with zero attached hydrogens (tertiary/aromatic N) is 8. The molecule has 1 saturated heterocycles. The summed E-state index contributed by atoms with van der Waals surface area (Å²) in [4.78, 5) is 128. The van der Waals surface area contributed by atoms with Gasteiger partial charge in [-0.25, -0.2) is 44.3 Å². The number of aromatic nitrogens is 7. The van der Waals surface area contributed by atoms with Crippen molar-refractivity contribution >= 4 is 115 Å². The second-order valence-corrected chi connectivity index (χ2v) is 29.6. The Kier molecular flexibility index (Phi) is 24.2. The summed E-state index contributed by atoms with van der Waals surface area (Å²) in [6.45, 7) is 4.16. The molecule has 4 aliphatic rings. The van der Waals surface area contributed by atoms with E-state index >= 15 is 14.4 Å². The van der Waals surface area contributed by atoms with Crippen LogP contribution in [0.25, 0.3) is 49.3 Å². The van der Waals surface area contributed by atoms with Crippen LogP contribution in [0.1, 0.15) is 126 Å². The van der Waals surface area contributed by atoms with Crippen LogP contribution in [0.15, 0.2) is 56.9 Å². The number of methoxy groups -OCH3 is 1. The zero-order valence-electron chi connectivity index (χ0n) is 57.3. The Hall–Kier alpha value is -9.12. The first kappa shape index (κ1) is 78.9. The fraction of sp³-hybridized carbons (Fsp3) is 0.431. The number of aliphatic hydroxyl groups is 5. The summed E-state index contributed by atoms with van der Waals surface area (Å²) in [5.41, 5.74) is -1.56. The molecule has 12 atom stereocenters. The number of cyclic esters (lactones) is 2. The van der Waals surface area contributed by atoms with Gasteiger partial charge in [-0.3, -0.25) is 19.2 Å². The number of hydrogen-bond donors (Lipinski definition) is 13. The SMILES string of the molecule is CO/C(C)=C1/NC(=O)[C@H]([C@@H](C)O)NC(=O)c2csc(n2)-c2cc(O)c(-c3nc(CNCC[C@H](O)[C@H](O)CO)cs3)nc2-c2csc(n2)[C@@H]2COC(=O)c3c4c5c(cccc5n3O)COC(=O)[C@@H](O[C@H]3C[C@](C)(O)[C@H](N(C)C)[C@H](C)O3)[C@@H](OC4)[C@H](NC(=O)c3csc1n3)c1nc(cs1)C(=O)N2.O=C(O)C(F)(F)F. The van der Waals surface area contributed by atoms with E-state index < -0.39 is 153 Å². The van der Waals surface area contributed by atoms with E-state index in [0.29, 0.717) is 16.0 Å². The smallest absolute Gasteiger partial charge is 0.490 e. The van der Waals surface area contributed by atoms with Crippen molar-refractivity contribution < 1.29 is 116 Å². The van der Waals surface area contributed by atoms with Crippen LogP contribution >= 0.6 is 56.7 Å². The molecule has 34 nitrogen and oxygen atoms in total. The molecule has 4 aliphatic heterocycles. The van der Waals surface area contributed by atoms with Crippen molar-refractivity contribution in [1.82, 2.24) is 66.1 Å². The van der Waals surface area contributed by atoms with Crippen molar-refractivity contribution in [2.45, 2.75) is 139 Å². The number of aliphatic carboxylic acids is 1. The molecule has 0 aliphatic carbocycles. The number of aliphatic hydroxyl groups excluding tert-OH is 4. The molecule has 0 spiro atoms. The molecule has 8 aromatic rings. The molecule has 12 bridgehead atoms. The van der Waals surface area contributed by atoms with E-state index in [1.807, 2.05) is 0 Å². The maximum absolute atomic E-state index is 15.2. The molecule has 7 aromatic heterocycles. The Labute approximate surface area is 623 Å². The number of nitrogens with one attached hydrogen (secondary N) is 5. The van der Waals surface area contributed by atoms with E-state index in [0.717, 1.165) is 56.7 Å². The summed E-state index contributed by atoms with van der Waals surface area (Å²) in [5.74, 6) is -8.91. The second-order valence-electron chi connectivity index (χ2n) is 25.2. The molecule has 11 heterocycles. The maximum Gasteiger partial charge on any atom is 0.490 e. The topological polar surface area (TPSA) is 482 Å². The van der Waals surface area contributed by atoms with Gasteiger partial charge in [0.1, 0.15) is 120 Å². The molecule has 42 heteroatoms. The van der Waals surface area contributed by atoms with E-state index in [2.05, 4.69) is 36.6 Å². The number of halogens is 3. The molecule has 4 amide bonds. The number of ether oxygens (including phenoxy) is 6. The highest BCUT2D eigenvalue weighted by molar-refractivity contribution is 7.14. The van der Waals surface area contributed by atoms with Gasteiger partial charge >= 0.3 is 24.1 Å². The number of benzene rings is 1. The zero-order valence-corrected chi connectivity index (χ0v) is 61.4. The van der Waals surface area contributed by atoms with E-state index in [4.69, 9.17) is 58.3 Å². The van der Waals surface area contributed by atoms with Gasteiger partial charge in [0, 0.05) is 56.4 Å². The molecular weight excluding hydrogens is 1520 g/mol. The normalized spacial score (nSPS) is 23.7. The molecular formula is C65H70F3N13O21S5. The number of alkyl halides is 3. The Morgan fingerprint density at radius 3 is 2.17 bits per heavy atom. The van der Waals surface area contributed by atoms with Crippen molar-refractivity contribution in [3.05, 3.63) is 112 Å². The molecule has 572 valence electrons. The standard InChI is InChI=1S/C63H69N13O19S5.C2HF3O2/c1-25(78)43-55(85)73-44(26(2)90-7)58-69-36(24-99-58)54(84)74-47-49-50(95-41-14-63(4,88)51(75(5)6)27(3)94-41)62(87)92-17-28-9-8-10-37-42(28)31(18-91-49)48(76(37)89)61(86)93-19-32(66-52(82)34-23-100-60(47)70-34)57-67-33(21-98-57)45-30(56-68-35(22-97-56)53(83)72-43)13-39(80)46(71-45)59-65-29(20-96-59)15-64-12-11-38(79)40(81)16-77;3-2(4,5)1(6)7/h8-10,13,20-25,27,32,38,40-41,43,47,49-51,64,77-81,88-89H,11-12,14-19H2,1-7H3,(H,66,82)(H,72,83)(H,73,85)(H,74,84);(H,6,7)/b44-26+;/t25-,27+,32+,38+,40-,41+,43+,47+,49+,50+,51-,63+;/m1./s1. The van der Waals surface area contributed by atoms with E-state index in [9.17, 15) is 63.4 Å². The number of allylic oxidation sites excluding steroid dienone is 1. The van der Waals surface area contributed by atoms with Gasteiger partial charge in [0.15, 0.2) is 18.1 Å². The minimum atomic E-state index is -5.08. The van der Waals surface area contributed by atoms with Gasteiger partial charge in [-0.15, -0.1) is 56.7 Å². The lowest BCUT2D eigenvalue weighted by Gasteiger charge is -2.48. The lowest BCUT2D eigenvalue weighted by Crippen LogP contribution is -2.62. The predicted molar refractivity (Wildman–Crippen MR) is 373 cm³/mol. The van der Waals surface area contributed by atoms with E-state index in [-0.39, 0.29) is 124 Å². The van der Waals surface area contributed by atoms with E-state index in [1.165, 1.54) is 49.2 Å². The van der Waals surface area contributed by atoms with Crippen LogP contribution in [-0.4, -0.2) is 230 Å². The quantitative estimate of drug-likeness (QED) is 0.0336. The number of carbonyl (C=O) groups excluding carboxylic acids is 6. The Morgan fingerprint density at radius 1 is 0.841 bits per heavy atom. The minimum absolute atomic E-state index is 0.00578. The van der Waals surface area contributed by atoms with Gasteiger partial charge in [-0.2, -0.15) is 17.9 Å². The van der Waals surface area contributed by atoms with Crippen LogP contribution in [-0.2, 0) is 62.6 Å². The highest BCUT2D eigenvalue weighted by Gasteiger charge is 2.50. The molecule has 1 fully saturated rings. The lowest BCUT2D eigenvalue weighted by molar-refractivity contribution is -0.280. The first-order valence-electron chi connectivity index (χ1n) is 32.4. The fourth-order valence-electron chi connectivity index (χ4n) is 12.3. The van der Waals surface area contributed by atoms with Gasteiger partial charge in [0.25, 0.3) is 17.7 Å². The number of esters is 2. The van der Waals surface area contributed by atoms with Crippen LogP contribution < -0.4 is 26.6 Å². The van der Waals surface area contributed by atoms with Gasteiger partial charge in [0.05, 0.1) is 61.5 Å². The Bertz CT molecular complexity index is 4710. The lowest BCUT2D eigenvalue weighted by atomic mass is 9.85. The number of pyridine rings is 1. The first-order valence-corrected chi connectivity index (χ1v) is 36.8. The highest BCUT2D eigenvalue weighted by Crippen LogP contribution is 2.43. The first-order chi connectivity index (χ1) is 50.7. The van der Waals surface area contributed by atoms with Crippen LogP contribution in [0.3, 0.4) is 0 Å². The van der Waals surface area contributed by atoms with Gasteiger partial charge < -0.3 is 101 Å². The summed E-state index contributed by atoms with van der Waals surface area (Å²) in [6, 6.07) is 0.847. The Balaban J connectivity index is 0.00000155. The maximum atomic E-state index is 15.2. The van der Waals surface area contributed by atoms with Crippen LogP contribution in [0.4, 0.5) is 13.2 Å². The third kappa shape index (κ3) is 17.2. The number of likely N-dealkylation sites (N-methyl/N-ethyl adjacent to an activating group) is 1. The molecule has 12 rings (SSSR count).